The van der Waals surface area contributed by atoms with Crippen molar-refractivity contribution < 1.29 is 9.53 Å². The van der Waals surface area contributed by atoms with Gasteiger partial charge in [0.25, 0.3) is 5.91 Å². The topological polar surface area (TPSA) is 64.3 Å². The number of carbonyl (C=O) groups is 1. The van der Waals surface area contributed by atoms with Crippen LogP contribution in [-0.4, -0.2) is 19.1 Å². The van der Waals surface area contributed by atoms with Crippen LogP contribution < -0.4 is 15.8 Å². The van der Waals surface area contributed by atoms with E-state index in [1.807, 2.05) is 18.2 Å². The molecule has 3 N–H and O–H groups in total. The molecule has 0 unspecified atom stereocenters. The van der Waals surface area contributed by atoms with Crippen LogP contribution in [0, 0.1) is 0 Å². The largest absolute Gasteiger partial charge is 0.483 e. The predicted molar refractivity (Wildman–Crippen MR) is 84.7 cm³/mol. The predicted octanol–water partition coefficient (Wildman–Crippen LogP) is 2.98. The summed E-state index contributed by atoms with van der Waals surface area (Å²) in [5.41, 5.74) is 6.12. The standard InChI is InChI=1S/C15H23BrN2O2/c1-2-3-4-5-8-18-10-12-9-13(16)6-7-14(12)20-11-15(17)19/h6-7,9,18H,2-5,8,10-11H2,1H3,(H2,17,19). The minimum Gasteiger partial charge on any atom is -0.483 e. The Hall–Kier alpha value is -1.07. The molecule has 0 radical (unpaired) electrons. The molecule has 0 aromatic heterocycles. The van der Waals surface area contributed by atoms with Gasteiger partial charge in [-0.25, -0.2) is 0 Å². The van der Waals surface area contributed by atoms with Crippen LogP contribution in [0.25, 0.3) is 0 Å². The second kappa shape index (κ2) is 9.77. The third kappa shape index (κ3) is 6.91. The van der Waals surface area contributed by atoms with Crippen LogP contribution in [0.15, 0.2) is 22.7 Å². The van der Waals surface area contributed by atoms with Gasteiger partial charge in [0.05, 0.1) is 0 Å². The molecule has 0 saturated heterocycles. The first-order chi connectivity index (χ1) is 9.63. The van der Waals surface area contributed by atoms with Crippen LogP contribution in [0.4, 0.5) is 0 Å². The van der Waals surface area contributed by atoms with E-state index in [1.165, 1.54) is 25.7 Å². The van der Waals surface area contributed by atoms with Crippen molar-refractivity contribution in [2.75, 3.05) is 13.2 Å². The molecule has 20 heavy (non-hydrogen) atoms. The van der Waals surface area contributed by atoms with E-state index in [9.17, 15) is 4.79 Å². The molecule has 0 heterocycles. The van der Waals surface area contributed by atoms with Gasteiger partial charge in [0.15, 0.2) is 6.61 Å². The molecule has 1 aromatic rings. The summed E-state index contributed by atoms with van der Waals surface area (Å²) in [6.07, 6.45) is 4.97. The highest BCUT2D eigenvalue weighted by atomic mass is 79.9. The lowest BCUT2D eigenvalue weighted by atomic mass is 10.2. The average molecular weight is 343 g/mol. The first-order valence-corrected chi connectivity index (χ1v) is 7.83. The lowest BCUT2D eigenvalue weighted by Crippen LogP contribution is -2.21. The molecule has 112 valence electrons. The van der Waals surface area contributed by atoms with Crippen molar-refractivity contribution in [3.05, 3.63) is 28.2 Å². The first kappa shape index (κ1) is 17.0. The number of primary amides is 1. The summed E-state index contributed by atoms with van der Waals surface area (Å²) < 4.78 is 6.41. The van der Waals surface area contributed by atoms with Gasteiger partial charge < -0.3 is 15.8 Å². The zero-order valence-electron chi connectivity index (χ0n) is 12.0. The van der Waals surface area contributed by atoms with Gasteiger partial charge in [-0.15, -0.1) is 0 Å². The Morgan fingerprint density at radius 1 is 1.35 bits per heavy atom. The Morgan fingerprint density at radius 3 is 2.85 bits per heavy atom. The fourth-order valence-electron chi connectivity index (χ4n) is 1.88. The molecule has 0 bridgehead atoms. The van der Waals surface area contributed by atoms with Gasteiger partial charge >= 0.3 is 0 Å². The Kier molecular flexibility index (Phi) is 8.30. The number of hydrogen-bond donors (Lipinski definition) is 2. The van der Waals surface area contributed by atoms with Gasteiger partial charge in [0.2, 0.25) is 0 Å². The Labute approximate surface area is 129 Å². The van der Waals surface area contributed by atoms with Crippen LogP contribution in [-0.2, 0) is 11.3 Å². The number of unbranched alkanes of at least 4 members (excludes halogenated alkanes) is 3. The Balaban J connectivity index is 2.45. The molecule has 4 nitrogen and oxygen atoms in total. The van der Waals surface area contributed by atoms with Crippen LogP contribution in [0.3, 0.4) is 0 Å². The molecule has 0 aliphatic heterocycles. The fraction of sp³-hybridized carbons (Fsp3) is 0.533. The molecular formula is C15H23BrN2O2. The van der Waals surface area contributed by atoms with E-state index in [0.29, 0.717) is 5.75 Å². The third-order valence-electron chi connectivity index (χ3n) is 2.92. The van der Waals surface area contributed by atoms with Crippen LogP contribution in [0.2, 0.25) is 0 Å². The van der Waals surface area contributed by atoms with E-state index in [-0.39, 0.29) is 6.61 Å². The quantitative estimate of drug-likeness (QED) is 0.642. The van der Waals surface area contributed by atoms with Crippen molar-refractivity contribution in [1.82, 2.24) is 5.32 Å². The van der Waals surface area contributed by atoms with Gasteiger partial charge in [0, 0.05) is 16.6 Å². The number of carbonyl (C=O) groups excluding carboxylic acids is 1. The molecule has 1 rings (SSSR count). The van der Waals surface area contributed by atoms with Gasteiger partial charge in [-0.1, -0.05) is 42.1 Å². The first-order valence-electron chi connectivity index (χ1n) is 7.03. The SMILES string of the molecule is CCCCCCNCc1cc(Br)ccc1OCC(N)=O. The zero-order chi connectivity index (χ0) is 14.8. The highest BCUT2D eigenvalue weighted by molar-refractivity contribution is 9.10. The van der Waals surface area contributed by atoms with Crippen molar-refractivity contribution in [2.24, 2.45) is 5.73 Å². The van der Waals surface area contributed by atoms with E-state index in [0.717, 1.165) is 23.1 Å². The number of rotatable bonds is 10. The number of amides is 1. The minimum atomic E-state index is -0.466. The molecule has 0 fully saturated rings. The lowest BCUT2D eigenvalue weighted by molar-refractivity contribution is -0.119. The summed E-state index contributed by atoms with van der Waals surface area (Å²) in [5, 5.41) is 3.40. The van der Waals surface area contributed by atoms with Gasteiger partial charge in [-0.2, -0.15) is 0 Å². The molecule has 5 heteroatoms. The fourth-order valence-corrected chi connectivity index (χ4v) is 2.28. The van der Waals surface area contributed by atoms with E-state index in [4.69, 9.17) is 10.5 Å². The highest BCUT2D eigenvalue weighted by Gasteiger charge is 2.06. The van der Waals surface area contributed by atoms with Crippen LogP contribution >= 0.6 is 15.9 Å². The molecule has 0 spiro atoms. The van der Waals surface area contributed by atoms with E-state index < -0.39 is 5.91 Å². The normalized spacial score (nSPS) is 10.5. The van der Waals surface area contributed by atoms with Crippen LogP contribution in [0.1, 0.15) is 38.2 Å². The summed E-state index contributed by atoms with van der Waals surface area (Å²) in [6, 6.07) is 5.73. The van der Waals surface area contributed by atoms with Gasteiger partial charge in [-0.3, -0.25) is 4.79 Å². The monoisotopic (exact) mass is 342 g/mol. The van der Waals surface area contributed by atoms with E-state index in [1.54, 1.807) is 0 Å². The molecule has 0 atom stereocenters. The molecule has 0 aliphatic carbocycles. The Bertz CT molecular complexity index is 424. The number of hydrogen-bond acceptors (Lipinski definition) is 3. The van der Waals surface area contributed by atoms with Crippen LogP contribution in [0.5, 0.6) is 5.75 Å². The molecule has 1 aromatic carbocycles. The van der Waals surface area contributed by atoms with Crippen molar-refractivity contribution in [2.45, 2.75) is 39.2 Å². The van der Waals surface area contributed by atoms with E-state index in [2.05, 4.69) is 28.2 Å². The summed E-state index contributed by atoms with van der Waals surface area (Å²) in [6.45, 7) is 3.82. The number of nitrogens with two attached hydrogens (primary N) is 1. The van der Waals surface area contributed by atoms with E-state index >= 15 is 0 Å². The second-order valence-electron chi connectivity index (χ2n) is 4.74. The molecule has 0 aliphatic rings. The second-order valence-corrected chi connectivity index (χ2v) is 5.66. The van der Waals surface area contributed by atoms with Crippen molar-refractivity contribution in [3.8, 4) is 5.75 Å². The molecule has 0 saturated carbocycles. The number of benzene rings is 1. The summed E-state index contributed by atoms with van der Waals surface area (Å²) in [4.78, 5) is 10.8. The molecular weight excluding hydrogens is 320 g/mol. The Morgan fingerprint density at radius 2 is 2.15 bits per heavy atom. The summed E-state index contributed by atoms with van der Waals surface area (Å²) in [7, 11) is 0. The smallest absolute Gasteiger partial charge is 0.255 e. The summed E-state index contributed by atoms with van der Waals surface area (Å²) >= 11 is 3.44. The maximum atomic E-state index is 10.8. The number of nitrogens with one attached hydrogen (secondary N) is 1. The maximum absolute atomic E-state index is 10.8. The van der Waals surface area contributed by atoms with Crippen molar-refractivity contribution >= 4 is 21.8 Å². The number of ether oxygens (including phenoxy) is 1. The zero-order valence-corrected chi connectivity index (χ0v) is 13.5. The lowest BCUT2D eigenvalue weighted by Gasteiger charge is -2.12. The third-order valence-corrected chi connectivity index (χ3v) is 3.41. The van der Waals surface area contributed by atoms with Gasteiger partial charge in [0.1, 0.15) is 5.75 Å². The minimum absolute atomic E-state index is 0.0921. The summed E-state index contributed by atoms with van der Waals surface area (Å²) in [5.74, 6) is 0.236. The van der Waals surface area contributed by atoms with Gasteiger partial charge in [-0.05, 0) is 31.2 Å². The van der Waals surface area contributed by atoms with Crippen molar-refractivity contribution in [1.29, 1.82) is 0 Å². The maximum Gasteiger partial charge on any atom is 0.255 e. The molecule has 1 amide bonds. The van der Waals surface area contributed by atoms with Crippen molar-refractivity contribution in [3.63, 3.8) is 0 Å². The average Bonchev–Trinajstić information content (AvgIpc) is 2.41. The number of halogens is 1. The highest BCUT2D eigenvalue weighted by Crippen LogP contribution is 2.23.